The summed E-state index contributed by atoms with van der Waals surface area (Å²) in [6.45, 7) is 0.108. The number of nitrogens with zero attached hydrogens (tertiary/aromatic N) is 6. The lowest BCUT2D eigenvalue weighted by atomic mass is 10.0. The van der Waals surface area contributed by atoms with Crippen LogP contribution in [0.1, 0.15) is 23.2 Å². The van der Waals surface area contributed by atoms with Crippen molar-refractivity contribution in [1.29, 1.82) is 10.5 Å². The van der Waals surface area contributed by atoms with Crippen molar-refractivity contribution in [2.45, 2.75) is 19.4 Å². The third-order valence-corrected chi connectivity index (χ3v) is 3.81. The first kappa shape index (κ1) is 18.7. The third-order valence-electron chi connectivity index (χ3n) is 3.81. The number of nitrogens with one attached hydrogen (secondary N) is 1. The van der Waals surface area contributed by atoms with Gasteiger partial charge in [-0.05, 0) is 0 Å². The van der Waals surface area contributed by atoms with Crippen LogP contribution in [0.15, 0.2) is 42.9 Å². The predicted octanol–water partition coefficient (Wildman–Crippen LogP) is 3.23. The smallest absolute Gasteiger partial charge is 0.228 e. The highest BCUT2D eigenvalue weighted by molar-refractivity contribution is 5.96. The topological polar surface area (TPSA) is 120 Å². The van der Waals surface area contributed by atoms with Gasteiger partial charge in [0, 0.05) is 30.2 Å². The molecule has 0 saturated carbocycles. The average molecular weight is 375 g/mol. The van der Waals surface area contributed by atoms with Crippen LogP contribution in [0.25, 0.3) is 11.3 Å². The van der Waals surface area contributed by atoms with Crippen molar-refractivity contribution < 1.29 is 9.18 Å². The van der Waals surface area contributed by atoms with E-state index in [-0.39, 0.29) is 36.8 Å². The van der Waals surface area contributed by atoms with E-state index in [0.717, 1.165) is 6.20 Å². The Balaban J connectivity index is 1.80. The molecule has 138 valence electrons. The summed E-state index contributed by atoms with van der Waals surface area (Å²) in [5.74, 6) is -0.579. The standard InChI is InChI=1S/C19H14FN7O/c20-16-11-23-19(25-15-10-24-27(12-15)9-8-22)26-18(16)14-5-3-13(4-6-14)17(28)2-1-7-21/h3-6,10-12H,1-2,9H2,(H,23,25,26). The van der Waals surface area contributed by atoms with Gasteiger partial charge in [0.25, 0.3) is 0 Å². The number of hydrogen-bond donors (Lipinski definition) is 1. The normalized spacial score (nSPS) is 10.1. The van der Waals surface area contributed by atoms with E-state index >= 15 is 0 Å². The Hall–Kier alpha value is -4.11. The van der Waals surface area contributed by atoms with Crippen LogP contribution in [0.4, 0.5) is 16.0 Å². The predicted molar refractivity (Wildman–Crippen MR) is 97.7 cm³/mol. The van der Waals surface area contributed by atoms with Gasteiger partial charge >= 0.3 is 0 Å². The largest absolute Gasteiger partial charge is 0.321 e. The van der Waals surface area contributed by atoms with Crippen molar-refractivity contribution >= 4 is 17.4 Å². The molecule has 1 N–H and O–H groups in total. The molecule has 28 heavy (non-hydrogen) atoms. The van der Waals surface area contributed by atoms with Crippen molar-refractivity contribution in [3.8, 4) is 23.4 Å². The average Bonchev–Trinajstić information content (AvgIpc) is 3.15. The minimum Gasteiger partial charge on any atom is -0.321 e. The van der Waals surface area contributed by atoms with Crippen LogP contribution < -0.4 is 5.32 Å². The quantitative estimate of drug-likeness (QED) is 0.629. The number of Topliss-reactive ketones (excluding diaryl/α,β-unsaturated/α-hetero) is 1. The van der Waals surface area contributed by atoms with Crippen molar-refractivity contribution in [1.82, 2.24) is 19.7 Å². The second-order valence-electron chi connectivity index (χ2n) is 5.76. The maximum atomic E-state index is 14.2. The molecule has 8 nitrogen and oxygen atoms in total. The Bertz CT molecular complexity index is 1080. The van der Waals surface area contributed by atoms with Crippen LogP contribution in [-0.4, -0.2) is 25.5 Å². The van der Waals surface area contributed by atoms with E-state index in [4.69, 9.17) is 10.5 Å². The van der Waals surface area contributed by atoms with Crippen LogP contribution in [0.5, 0.6) is 0 Å². The van der Waals surface area contributed by atoms with Crippen molar-refractivity contribution in [2.75, 3.05) is 5.32 Å². The highest BCUT2D eigenvalue weighted by Crippen LogP contribution is 2.23. The second-order valence-corrected chi connectivity index (χ2v) is 5.76. The van der Waals surface area contributed by atoms with Crippen LogP contribution in [0, 0.1) is 28.5 Å². The van der Waals surface area contributed by atoms with Crippen molar-refractivity contribution in [3.63, 3.8) is 0 Å². The molecular weight excluding hydrogens is 361 g/mol. The Kier molecular flexibility index (Phi) is 5.68. The molecule has 0 aliphatic rings. The Morgan fingerprint density at radius 2 is 1.96 bits per heavy atom. The number of carbonyl (C=O) groups excluding carboxylic acids is 1. The lowest BCUT2D eigenvalue weighted by molar-refractivity contribution is 0.0984. The number of hydrogen-bond acceptors (Lipinski definition) is 7. The lowest BCUT2D eigenvalue weighted by Crippen LogP contribution is -2.01. The lowest BCUT2D eigenvalue weighted by Gasteiger charge is -2.07. The summed E-state index contributed by atoms with van der Waals surface area (Å²) in [4.78, 5) is 20.0. The summed E-state index contributed by atoms with van der Waals surface area (Å²) in [6.07, 6.45) is 4.46. The molecule has 0 radical (unpaired) electrons. The van der Waals surface area contributed by atoms with Gasteiger partial charge in [-0.1, -0.05) is 24.3 Å². The fraction of sp³-hybridized carbons (Fsp3) is 0.158. The molecule has 1 aromatic carbocycles. The molecule has 0 amide bonds. The molecule has 0 saturated heterocycles. The van der Waals surface area contributed by atoms with Crippen LogP contribution >= 0.6 is 0 Å². The van der Waals surface area contributed by atoms with E-state index in [1.54, 1.807) is 30.5 Å². The zero-order valence-corrected chi connectivity index (χ0v) is 14.6. The molecule has 2 aromatic heterocycles. The van der Waals surface area contributed by atoms with Gasteiger partial charge in [0.1, 0.15) is 12.2 Å². The van der Waals surface area contributed by atoms with Crippen LogP contribution in [0.3, 0.4) is 0 Å². The summed E-state index contributed by atoms with van der Waals surface area (Å²) < 4.78 is 15.7. The first-order chi connectivity index (χ1) is 13.6. The number of anilines is 2. The molecule has 0 bridgehead atoms. The SMILES string of the molecule is N#CCCC(=O)c1ccc(-c2nc(Nc3cnn(CC#N)c3)ncc2F)cc1. The fourth-order valence-electron chi connectivity index (χ4n) is 2.47. The van der Waals surface area contributed by atoms with Gasteiger partial charge in [0.2, 0.25) is 5.95 Å². The zero-order valence-electron chi connectivity index (χ0n) is 14.6. The first-order valence-electron chi connectivity index (χ1n) is 8.30. The van der Waals surface area contributed by atoms with E-state index < -0.39 is 5.82 Å². The molecule has 0 aliphatic carbocycles. The number of nitriles is 2. The molecule has 3 aromatic rings. The van der Waals surface area contributed by atoms with E-state index in [9.17, 15) is 9.18 Å². The first-order valence-corrected chi connectivity index (χ1v) is 8.30. The maximum Gasteiger partial charge on any atom is 0.228 e. The Morgan fingerprint density at radius 3 is 2.68 bits per heavy atom. The van der Waals surface area contributed by atoms with E-state index in [1.165, 1.54) is 10.9 Å². The van der Waals surface area contributed by atoms with Gasteiger partial charge in [0.15, 0.2) is 11.6 Å². The number of ketones is 1. The molecule has 0 spiro atoms. The molecule has 0 fully saturated rings. The van der Waals surface area contributed by atoms with E-state index in [2.05, 4.69) is 20.4 Å². The Labute approximate surface area is 159 Å². The number of carbonyl (C=O) groups is 1. The van der Waals surface area contributed by atoms with Gasteiger partial charge in [-0.25, -0.2) is 14.4 Å². The summed E-state index contributed by atoms with van der Waals surface area (Å²) in [5, 5.41) is 24.1. The summed E-state index contributed by atoms with van der Waals surface area (Å²) in [6, 6.07) is 10.3. The second kappa shape index (κ2) is 8.52. The molecule has 0 aliphatic heterocycles. The molecular formula is C19H14FN7O. The van der Waals surface area contributed by atoms with Crippen molar-refractivity contribution in [3.05, 3.63) is 54.2 Å². The molecule has 9 heteroatoms. The fourth-order valence-corrected chi connectivity index (χ4v) is 2.47. The van der Waals surface area contributed by atoms with Gasteiger partial charge in [-0.3, -0.25) is 9.48 Å². The monoisotopic (exact) mass is 375 g/mol. The molecule has 2 heterocycles. The highest BCUT2D eigenvalue weighted by Gasteiger charge is 2.12. The van der Waals surface area contributed by atoms with Gasteiger partial charge in [-0.15, -0.1) is 0 Å². The van der Waals surface area contributed by atoms with Crippen molar-refractivity contribution in [2.24, 2.45) is 0 Å². The minimum absolute atomic E-state index is 0.0814. The summed E-state index contributed by atoms with van der Waals surface area (Å²) in [5.41, 5.74) is 1.58. The maximum absolute atomic E-state index is 14.2. The molecule has 3 rings (SSSR count). The van der Waals surface area contributed by atoms with Crippen LogP contribution in [0.2, 0.25) is 0 Å². The number of aromatic nitrogens is 4. The number of halogens is 1. The molecule has 0 unspecified atom stereocenters. The van der Waals surface area contributed by atoms with E-state index in [1.807, 2.05) is 12.1 Å². The van der Waals surface area contributed by atoms with Gasteiger partial charge in [-0.2, -0.15) is 15.6 Å². The van der Waals surface area contributed by atoms with E-state index in [0.29, 0.717) is 16.8 Å². The number of rotatable bonds is 7. The minimum atomic E-state index is -0.603. The number of benzene rings is 1. The summed E-state index contributed by atoms with van der Waals surface area (Å²) >= 11 is 0. The summed E-state index contributed by atoms with van der Waals surface area (Å²) in [7, 11) is 0. The third kappa shape index (κ3) is 4.34. The van der Waals surface area contributed by atoms with Crippen LogP contribution in [-0.2, 0) is 6.54 Å². The Morgan fingerprint density at radius 1 is 1.18 bits per heavy atom. The van der Waals surface area contributed by atoms with Gasteiger partial charge < -0.3 is 5.32 Å². The molecule has 0 atom stereocenters. The highest BCUT2D eigenvalue weighted by atomic mass is 19.1. The zero-order chi connectivity index (χ0) is 19.9. The van der Waals surface area contributed by atoms with Gasteiger partial charge in [0.05, 0.1) is 30.2 Å².